The molecule has 20 heterocycles. The Kier molecular flexibility index (Phi) is 25.3. The second-order valence-corrected chi connectivity index (χ2v) is 33.8. The number of imidazole rings is 1. The van der Waals surface area contributed by atoms with Crippen molar-refractivity contribution in [2.75, 3.05) is 153 Å². The van der Waals surface area contributed by atoms with Gasteiger partial charge in [0, 0.05) is 178 Å². The number of likely N-dealkylation sites (tertiary alicyclic amines) is 1. The minimum atomic E-state index is -0.137. The third-order valence-corrected chi connectivity index (χ3v) is 24.7. The Morgan fingerprint density at radius 1 is 0.386 bits per heavy atom. The molecule has 16 aromatic rings. The van der Waals surface area contributed by atoms with Crippen LogP contribution in [0.3, 0.4) is 0 Å². The zero-order valence-electron chi connectivity index (χ0n) is 73.1. The van der Waals surface area contributed by atoms with Crippen molar-refractivity contribution in [1.82, 2.24) is 110 Å². The fourth-order valence-electron chi connectivity index (χ4n) is 17.8. The quantitative estimate of drug-likeness (QED) is 0.0777. The summed E-state index contributed by atoms with van der Waals surface area (Å²) in [6, 6.07) is 30.2. The van der Waals surface area contributed by atoms with Crippen molar-refractivity contribution in [3.8, 4) is 45.4 Å². The molecule has 20 rings (SSSR count). The molecule has 0 radical (unpaired) electrons. The van der Waals surface area contributed by atoms with Crippen LogP contribution in [0.25, 0.3) is 90.2 Å². The number of β-amino-alcohol motifs (C(OH)–C–C–N with tert-alkyl or cyclic N) is 3. The van der Waals surface area contributed by atoms with Crippen LogP contribution in [0.1, 0.15) is 78.0 Å². The van der Waals surface area contributed by atoms with E-state index < -0.39 is 0 Å². The maximum Gasteiger partial charge on any atom is 0.258 e. The lowest BCUT2D eigenvalue weighted by Crippen LogP contribution is -2.52. The number of fused-ring (bicyclic) bond motifs is 8. The van der Waals surface area contributed by atoms with E-state index in [0.717, 1.165) is 196 Å². The average molecular weight is 1740 g/mol. The van der Waals surface area contributed by atoms with Crippen LogP contribution in [-0.4, -0.2) is 276 Å². The first-order valence-electron chi connectivity index (χ1n) is 43.2. The Balaban J connectivity index is 0.000000119. The minimum absolute atomic E-state index is 0.109. The van der Waals surface area contributed by atoms with Crippen molar-refractivity contribution >= 4 is 73.4 Å². The van der Waals surface area contributed by atoms with Crippen LogP contribution in [0.5, 0.6) is 0 Å². The molecule has 0 bridgehead atoms. The molecule has 0 amide bonds. The lowest BCUT2D eigenvalue weighted by molar-refractivity contribution is 0.117. The number of aliphatic hydroxyl groups excluding tert-OH is 3. The second-order valence-electron chi connectivity index (χ2n) is 33.4. The summed E-state index contributed by atoms with van der Waals surface area (Å²) in [5.74, 6) is 0.420. The summed E-state index contributed by atoms with van der Waals surface area (Å²) in [6.07, 6.45) is 19.0. The van der Waals surface area contributed by atoms with Crippen molar-refractivity contribution in [2.24, 2.45) is 0 Å². The van der Waals surface area contributed by atoms with Gasteiger partial charge in [-0.25, -0.2) is 38.5 Å². The Hall–Kier alpha value is -12.6. The number of aryl methyl sites for hydroxylation is 7. The molecule has 127 heavy (non-hydrogen) atoms. The standard InChI is InChI=1S/C24H27ClN6O2.C23H27N7O2.C23H26N6O2.C22H25N7O2/c1-16-12-30-14-18(10-20(25)24(30)26-16)21-11-23(32)31-15-19(4-5-22(31)27-21)29-7-6-28(8-9-33-3)17(2)13-29;1-15-12-30-21(17(3)24-15)10-20(26-30)19-11-23(32)29-14-18(4-5-22(29)25-19)28-7-6-27(8-9-31)16(2)13-28;1-15-13-29-21(16(2)24-15)11-20(26-29)19-12-23(31)28-14-18(3-4-22(28)25-19)17-5-7-27(8-6-17)9-10-30;1-15-13-29-20(16(2)23-15)11-19(25-29)18-12-22(31)28-14-17(3-4-21(28)24-18)27-7-5-26(6-8-27)9-10-30/h4-5,10-12,14-15,17H,6-9,13H2,1-3H3;4-5,10-12,14,16,31H,6-9,13H2,1-3H3;3-4,11-14,17,30H,5-10H2,1-2H3;3-4,11-14,30H,5-10H2,1-2H3/t17-;16-;;/m01../s1. The lowest BCUT2D eigenvalue weighted by Gasteiger charge is -2.40. The van der Waals surface area contributed by atoms with Crippen molar-refractivity contribution in [3.05, 3.63) is 245 Å². The molecule has 0 aliphatic carbocycles. The zero-order valence-corrected chi connectivity index (χ0v) is 73.9. The molecule has 4 saturated heterocycles. The number of pyridine rings is 5. The Morgan fingerprint density at radius 2 is 0.772 bits per heavy atom. The van der Waals surface area contributed by atoms with Crippen LogP contribution in [0, 0.1) is 48.5 Å². The maximum atomic E-state index is 13.0. The van der Waals surface area contributed by atoms with E-state index in [-0.39, 0.29) is 42.1 Å². The number of anilines is 3. The largest absolute Gasteiger partial charge is 0.395 e. The number of halogens is 1. The predicted octanol–water partition coefficient (Wildman–Crippen LogP) is 7.98. The van der Waals surface area contributed by atoms with E-state index in [1.54, 1.807) is 56.5 Å². The van der Waals surface area contributed by atoms with Gasteiger partial charge in [0.1, 0.15) is 39.7 Å². The van der Waals surface area contributed by atoms with Gasteiger partial charge in [-0.15, -0.1) is 0 Å². The van der Waals surface area contributed by atoms with Crippen LogP contribution in [0.4, 0.5) is 17.1 Å². The van der Waals surface area contributed by atoms with Gasteiger partial charge < -0.3 is 44.1 Å². The van der Waals surface area contributed by atoms with Crippen molar-refractivity contribution in [1.29, 1.82) is 0 Å². The number of piperidine rings is 1. The van der Waals surface area contributed by atoms with Gasteiger partial charge in [0.15, 0.2) is 5.65 Å². The molecule has 4 aliphatic rings. The number of hydrogen-bond acceptors (Lipinski definition) is 26. The van der Waals surface area contributed by atoms with E-state index in [4.69, 9.17) is 41.5 Å². The Labute approximate surface area is 736 Å². The van der Waals surface area contributed by atoms with Crippen LogP contribution >= 0.6 is 11.6 Å². The van der Waals surface area contributed by atoms with E-state index in [1.807, 2.05) is 169 Å². The van der Waals surface area contributed by atoms with Gasteiger partial charge in [0.2, 0.25) is 0 Å². The van der Waals surface area contributed by atoms with Gasteiger partial charge in [-0.2, -0.15) is 15.3 Å². The summed E-state index contributed by atoms with van der Waals surface area (Å²) in [5, 5.41) is 41.8. The van der Waals surface area contributed by atoms with Gasteiger partial charge in [0.25, 0.3) is 22.2 Å². The molecule has 0 saturated carbocycles. The number of aliphatic hydroxyl groups is 3. The highest BCUT2D eigenvalue weighted by molar-refractivity contribution is 6.33. The number of nitrogens with zero attached hydrogens (tertiary/aromatic N) is 26. The molecule has 16 aromatic heterocycles. The van der Waals surface area contributed by atoms with Crippen LogP contribution < -0.4 is 36.9 Å². The number of ether oxygens (including phenoxy) is 1. The molecule has 0 spiro atoms. The first kappa shape index (κ1) is 86.5. The third kappa shape index (κ3) is 18.7. The van der Waals surface area contributed by atoms with Gasteiger partial charge in [-0.3, -0.25) is 66.4 Å². The van der Waals surface area contributed by atoms with Gasteiger partial charge in [-0.05, 0) is 166 Å². The van der Waals surface area contributed by atoms with Crippen molar-refractivity contribution in [2.45, 2.75) is 93.2 Å². The fraction of sp³-hybridized carbons (Fsp3) is 0.380. The van der Waals surface area contributed by atoms with Crippen molar-refractivity contribution < 1.29 is 20.1 Å². The highest BCUT2D eigenvalue weighted by atomic mass is 35.5. The summed E-state index contributed by atoms with van der Waals surface area (Å²) in [4.78, 5) is 105. The zero-order chi connectivity index (χ0) is 88.6. The normalized spacial score (nSPS) is 16.5. The highest BCUT2D eigenvalue weighted by Gasteiger charge is 2.28. The summed E-state index contributed by atoms with van der Waals surface area (Å²) < 4.78 is 18.9. The first-order chi connectivity index (χ1) is 61.4. The summed E-state index contributed by atoms with van der Waals surface area (Å²) in [5.41, 5.74) is 20.7. The number of hydrogen-bond donors (Lipinski definition) is 3. The van der Waals surface area contributed by atoms with Gasteiger partial charge >= 0.3 is 0 Å². The Morgan fingerprint density at radius 3 is 1.20 bits per heavy atom. The molecule has 34 nitrogen and oxygen atoms in total. The molecular weight excluding hydrogens is 1630 g/mol. The first-order valence-corrected chi connectivity index (χ1v) is 43.6. The molecule has 0 unspecified atom stereocenters. The van der Waals surface area contributed by atoms with E-state index >= 15 is 0 Å². The third-order valence-electron chi connectivity index (χ3n) is 24.5. The van der Waals surface area contributed by atoms with E-state index in [2.05, 4.69) is 94.4 Å². The monoisotopic (exact) mass is 1740 g/mol. The number of methoxy groups -OCH3 is 1. The smallest absolute Gasteiger partial charge is 0.258 e. The molecular formula is C92H105ClN26O8. The molecule has 35 heteroatoms. The van der Waals surface area contributed by atoms with E-state index in [0.29, 0.717) is 104 Å². The molecule has 4 aliphatic heterocycles. The molecule has 658 valence electrons. The maximum absolute atomic E-state index is 13.0. The van der Waals surface area contributed by atoms with Crippen LogP contribution in [-0.2, 0) is 4.74 Å². The molecule has 2 atom stereocenters. The topological polar surface area (TPSA) is 338 Å². The summed E-state index contributed by atoms with van der Waals surface area (Å²) in [6.45, 7) is 33.1. The SMILES string of the molecule is COCCN1CCN(c2ccc3nc(-c4cc(Cl)c5nc(C)cn5c4)cc(=O)n3c2)C[C@@H]1C.Cc1cn2nc(-c3cc(=O)n4cc(C5CCN(CCO)CC5)ccc4n3)cc2c(C)n1.Cc1cn2nc(-c3cc(=O)n4cc(N5CCN(CCO)CC5)ccc4n3)cc2c(C)n1.Cc1cn2nc(-c3cc(=O)n4cc(N5CCN(CCO)[C@H](C)C5)ccc4n3)cc2c(C)n1. The lowest BCUT2D eigenvalue weighted by atomic mass is 9.90. The van der Waals surface area contributed by atoms with E-state index in [9.17, 15) is 24.3 Å². The number of aromatic nitrogens is 19. The second kappa shape index (κ2) is 37.1. The summed E-state index contributed by atoms with van der Waals surface area (Å²) >= 11 is 6.43. The van der Waals surface area contributed by atoms with Crippen molar-refractivity contribution in [3.63, 3.8) is 0 Å². The summed E-state index contributed by atoms with van der Waals surface area (Å²) in [7, 11) is 1.73. The van der Waals surface area contributed by atoms with Gasteiger partial charge in [-0.1, -0.05) is 17.7 Å². The molecule has 0 aromatic carbocycles. The predicted molar refractivity (Wildman–Crippen MR) is 491 cm³/mol. The van der Waals surface area contributed by atoms with Gasteiger partial charge in [0.05, 0.1) is 146 Å². The molecule has 4 fully saturated rings. The number of rotatable bonds is 17. The molecule has 3 N–H and O–H groups in total. The highest BCUT2D eigenvalue weighted by Crippen LogP contribution is 2.32. The minimum Gasteiger partial charge on any atom is -0.395 e. The Bertz CT molecular complexity index is 6840. The fourth-order valence-corrected chi connectivity index (χ4v) is 18.0. The average Bonchev–Trinajstić information content (AvgIpc) is 1.64. The van der Waals surface area contributed by atoms with E-state index in [1.165, 1.54) is 12.1 Å². The number of piperazine rings is 3. The van der Waals surface area contributed by atoms with Crippen LogP contribution in [0.2, 0.25) is 5.02 Å². The van der Waals surface area contributed by atoms with Crippen LogP contribution in [0.15, 0.2) is 172 Å².